The Bertz CT molecular complexity index is 1500. The van der Waals surface area contributed by atoms with Crippen LogP contribution in [0.5, 0.6) is 0 Å². The van der Waals surface area contributed by atoms with Crippen LogP contribution >= 0.6 is 0 Å². The number of epoxide rings is 2. The van der Waals surface area contributed by atoms with Crippen LogP contribution in [0.3, 0.4) is 0 Å². The molecule has 10 rings (SSSR count). The van der Waals surface area contributed by atoms with Gasteiger partial charge in [-0.1, -0.05) is 12.2 Å². The second kappa shape index (κ2) is 6.81. The molecule has 0 aromatic rings. The minimum atomic E-state index is -1.47. The van der Waals surface area contributed by atoms with Gasteiger partial charge in [-0.25, -0.2) is 9.59 Å². The number of esters is 4. The van der Waals surface area contributed by atoms with E-state index in [1.165, 1.54) is 0 Å². The van der Waals surface area contributed by atoms with Crippen LogP contribution in [0, 0.1) is 34.5 Å². The fourth-order valence-electron chi connectivity index (χ4n) is 11.4. The smallest absolute Gasteiger partial charge is 0.342 e. The van der Waals surface area contributed by atoms with Crippen molar-refractivity contribution in [3.63, 3.8) is 0 Å². The zero-order valence-corrected chi connectivity index (χ0v) is 24.3. The summed E-state index contributed by atoms with van der Waals surface area (Å²) in [6, 6.07) is 0. The van der Waals surface area contributed by atoms with Gasteiger partial charge in [-0.3, -0.25) is 9.59 Å². The van der Waals surface area contributed by atoms with Crippen LogP contribution in [0.1, 0.15) is 47.5 Å². The number of ether oxygens (including phenoxy) is 6. The van der Waals surface area contributed by atoms with Crippen LogP contribution in [0.25, 0.3) is 0 Å². The van der Waals surface area contributed by atoms with Crippen molar-refractivity contribution < 1.29 is 62.9 Å². The molecule has 13 nitrogen and oxygen atoms in total. The molecule has 4 saturated carbocycles. The van der Waals surface area contributed by atoms with Gasteiger partial charge in [0, 0.05) is 24.7 Å². The predicted molar refractivity (Wildman–Crippen MR) is 135 cm³/mol. The molecule has 10 fully saturated rings. The number of hydrogen-bond donors (Lipinski definition) is 3. The van der Waals surface area contributed by atoms with Crippen molar-refractivity contribution in [2.24, 2.45) is 34.5 Å². The predicted octanol–water partition coefficient (Wildman–Crippen LogP) is -0.929. The average Bonchev–Trinajstić information content (AvgIpc) is 3.58. The lowest BCUT2D eigenvalue weighted by atomic mass is 9.52. The van der Waals surface area contributed by atoms with Gasteiger partial charge in [0.1, 0.15) is 24.4 Å². The summed E-state index contributed by atoms with van der Waals surface area (Å²) in [5.74, 6) is -4.37. The number of carbonyl (C=O) groups excluding carboxylic acids is 4. The maximum Gasteiger partial charge on any atom is 0.342 e. The molecule has 6 heterocycles. The van der Waals surface area contributed by atoms with Gasteiger partial charge in [0.15, 0.2) is 12.2 Å². The Hall–Kier alpha value is -2.58. The molecule has 4 bridgehead atoms. The topological polar surface area (TPSA) is 191 Å². The van der Waals surface area contributed by atoms with Crippen molar-refractivity contribution in [1.82, 2.24) is 0 Å². The minimum Gasteiger partial charge on any atom is -0.458 e. The molecule has 8 unspecified atom stereocenters. The summed E-state index contributed by atoms with van der Waals surface area (Å²) in [4.78, 5) is 49.4. The van der Waals surface area contributed by atoms with E-state index < -0.39 is 111 Å². The summed E-state index contributed by atoms with van der Waals surface area (Å²) in [7, 11) is 0. The van der Waals surface area contributed by atoms with Crippen LogP contribution < -0.4 is 0 Å². The van der Waals surface area contributed by atoms with Gasteiger partial charge >= 0.3 is 23.9 Å². The van der Waals surface area contributed by atoms with Gasteiger partial charge in [-0.15, -0.1) is 0 Å². The second-order valence-corrected chi connectivity index (χ2v) is 15.3. The van der Waals surface area contributed by atoms with E-state index in [1.807, 2.05) is 6.92 Å². The molecule has 3 N–H and O–H groups in total. The van der Waals surface area contributed by atoms with Crippen molar-refractivity contribution >= 4 is 23.9 Å². The highest BCUT2D eigenvalue weighted by atomic mass is 16.7. The van der Waals surface area contributed by atoms with E-state index in [-0.39, 0.29) is 24.9 Å². The maximum atomic E-state index is 12.4. The first-order chi connectivity index (χ1) is 19.9. The van der Waals surface area contributed by atoms with Gasteiger partial charge in [0.05, 0.1) is 39.5 Å². The van der Waals surface area contributed by atoms with Crippen LogP contribution in [0.2, 0.25) is 0 Å². The Morgan fingerprint density at radius 3 is 1.72 bits per heavy atom. The molecule has 6 saturated heterocycles. The Kier molecular flexibility index (Phi) is 4.24. The monoisotopic (exact) mass is 602 g/mol. The summed E-state index contributed by atoms with van der Waals surface area (Å²) in [6.07, 6.45) is -3.12. The number of fused-ring (bicyclic) bond motifs is 8. The zero-order valence-electron chi connectivity index (χ0n) is 24.3. The third-order valence-electron chi connectivity index (χ3n) is 13.4. The highest BCUT2D eigenvalue weighted by Crippen LogP contribution is 2.78. The first-order valence-electron chi connectivity index (χ1n) is 14.9. The molecule has 232 valence electrons. The summed E-state index contributed by atoms with van der Waals surface area (Å²) in [5.41, 5.74) is -7.49. The van der Waals surface area contributed by atoms with Gasteiger partial charge in [-0.2, -0.15) is 0 Å². The number of rotatable bonds is 2. The first-order valence-corrected chi connectivity index (χ1v) is 14.9. The molecular weight excluding hydrogens is 568 g/mol. The molecule has 0 radical (unpaired) electrons. The summed E-state index contributed by atoms with van der Waals surface area (Å²) < 4.78 is 33.2. The maximum absolute atomic E-state index is 12.4. The molecular formula is C30H34O13. The molecule has 4 aliphatic carbocycles. The van der Waals surface area contributed by atoms with Crippen molar-refractivity contribution in [2.75, 3.05) is 0 Å². The van der Waals surface area contributed by atoms with Crippen LogP contribution in [-0.4, -0.2) is 104 Å². The van der Waals surface area contributed by atoms with Gasteiger partial charge < -0.3 is 43.7 Å². The second-order valence-electron chi connectivity index (χ2n) is 15.3. The first kappa shape index (κ1) is 26.8. The van der Waals surface area contributed by atoms with Gasteiger partial charge in [0.2, 0.25) is 11.2 Å². The standard InChI is InChI=1S/C15H18O7.C15H16O6/c1-12(2,18)6-7-10(16)20-8(6)9-13(3)14(7,19)4-5-15(13,22-5)11(17)21-9;1-5(2)7-8-11(16)19-9(7)10-13(3)14(8,18)4-6-15(13,21-6)12(17)20-10/h5-9,18-19H,4H2,1-3H3;6-10,18H,1,4H2,2-3H3/t5?,6-,7?,8?,9+,13?,14+,15-;6?,7-,8?,9?,10+,13?,14+,15-/m00/s1. The van der Waals surface area contributed by atoms with Crippen LogP contribution in [-0.2, 0) is 47.6 Å². The lowest BCUT2D eigenvalue weighted by Gasteiger charge is -2.53. The van der Waals surface area contributed by atoms with Crippen molar-refractivity contribution in [3.8, 4) is 0 Å². The molecule has 0 aromatic carbocycles. The molecule has 0 aromatic heterocycles. The fourth-order valence-corrected chi connectivity index (χ4v) is 11.4. The number of carbonyl (C=O) groups is 4. The van der Waals surface area contributed by atoms with E-state index in [2.05, 4.69) is 6.58 Å². The molecule has 10 aliphatic rings. The third-order valence-corrected chi connectivity index (χ3v) is 13.4. The third kappa shape index (κ3) is 2.29. The normalized spacial score (nSPS) is 61.3. The Labute approximate surface area is 245 Å². The van der Waals surface area contributed by atoms with Crippen LogP contribution in [0.15, 0.2) is 12.2 Å². The minimum absolute atomic E-state index is 0.189. The molecule has 13 heteroatoms. The van der Waals surface area contributed by atoms with Crippen molar-refractivity contribution in [1.29, 1.82) is 0 Å². The molecule has 43 heavy (non-hydrogen) atoms. The number of aliphatic hydroxyl groups is 3. The summed E-state index contributed by atoms with van der Waals surface area (Å²) in [5, 5.41) is 33.3. The van der Waals surface area contributed by atoms with E-state index in [0.29, 0.717) is 0 Å². The lowest BCUT2D eigenvalue weighted by Crippen LogP contribution is -2.68. The molecule has 6 aliphatic heterocycles. The lowest BCUT2D eigenvalue weighted by molar-refractivity contribution is -0.223. The highest BCUT2D eigenvalue weighted by Gasteiger charge is 2.97. The highest BCUT2D eigenvalue weighted by molar-refractivity contribution is 5.92. The summed E-state index contributed by atoms with van der Waals surface area (Å²) >= 11 is 0. The van der Waals surface area contributed by atoms with E-state index in [9.17, 15) is 34.5 Å². The Morgan fingerprint density at radius 1 is 0.791 bits per heavy atom. The van der Waals surface area contributed by atoms with Crippen molar-refractivity contribution in [3.05, 3.63) is 12.2 Å². The van der Waals surface area contributed by atoms with E-state index in [0.717, 1.165) is 5.57 Å². The molecule has 0 amide bonds. The summed E-state index contributed by atoms with van der Waals surface area (Å²) in [6.45, 7) is 12.5. The fraction of sp³-hybridized carbons (Fsp3) is 0.800. The largest absolute Gasteiger partial charge is 0.458 e. The van der Waals surface area contributed by atoms with Gasteiger partial charge in [-0.05, 0) is 34.6 Å². The quantitative estimate of drug-likeness (QED) is 0.152. The van der Waals surface area contributed by atoms with Crippen molar-refractivity contribution in [2.45, 2.75) is 112 Å². The van der Waals surface area contributed by atoms with E-state index in [4.69, 9.17) is 28.4 Å². The van der Waals surface area contributed by atoms with Gasteiger partial charge in [0.25, 0.3) is 0 Å². The number of hydrogen-bond acceptors (Lipinski definition) is 13. The van der Waals surface area contributed by atoms with E-state index in [1.54, 1.807) is 27.7 Å². The van der Waals surface area contributed by atoms with E-state index >= 15 is 0 Å². The molecule has 2 spiro atoms. The zero-order chi connectivity index (χ0) is 30.8. The molecule has 16 atom stereocenters. The van der Waals surface area contributed by atoms with Crippen LogP contribution in [0.4, 0.5) is 0 Å². The average molecular weight is 603 g/mol. The Morgan fingerprint density at radius 2 is 1.23 bits per heavy atom. The Balaban J connectivity index is 0.000000121. The SMILES string of the molecule is C=C(C)[C@@H]1C2OC(=O)C1[C@]1(O)CC3O[C@]34C(=O)O[C@H]2C14C.CC(C)(O)[C@@H]1C2OC(=O)C1[C@]1(O)CC3O[C@]34C(=O)O[C@H]2C14C.